The number of aromatic nitrogens is 3. The second-order valence-electron chi connectivity index (χ2n) is 7.43. The van der Waals surface area contributed by atoms with Crippen LogP contribution in [0.2, 0.25) is 0 Å². The molecule has 2 heterocycles. The van der Waals surface area contributed by atoms with Crippen molar-refractivity contribution in [3.05, 3.63) is 64.0 Å². The number of ether oxygens (including phenoxy) is 1. The summed E-state index contributed by atoms with van der Waals surface area (Å²) in [4.78, 5) is 23.2. The lowest BCUT2D eigenvalue weighted by Gasteiger charge is -2.13. The Hall–Kier alpha value is -3.75. The summed E-state index contributed by atoms with van der Waals surface area (Å²) in [5.41, 5.74) is 1.43. The summed E-state index contributed by atoms with van der Waals surface area (Å²) in [6.45, 7) is 0.909. The predicted octanol–water partition coefficient (Wildman–Crippen LogP) is 4.23. The van der Waals surface area contributed by atoms with Crippen molar-refractivity contribution in [2.45, 2.75) is 38.6 Å². The highest BCUT2D eigenvalue weighted by atomic mass is 16.6. The van der Waals surface area contributed by atoms with E-state index in [0.717, 1.165) is 43.0 Å². The van der Waals surface area contributed by atoms with Gasteiger partial charge in [0.25, 0.3) is 5.91 Å². The van der Waals surface area contributed by atoms with Crippen LogP contribution in [0.1, 0.15) is 41.9 Å². The van der Waals surface area contributed by atoms with Gasteiger partial charge in [-0.05, 0) is 49.2 Å². The quantitative estimate of drug-likeness (QED) is 0.487. The number of nitrogens with zero attached hydrogens (tertiary/aromatic N) is 4. The standard InChI is InChI=1S/C22H23N5O4/c1-31-19-12-9-16(14-18(19)27(29)30)22(28)23-17-10-7-15(8-11-17)21-25-24-20-6-4-2-3-5-13-26(20)21/h7-12,14H,2-6,13H2,1H3,(H,23,28). The molecule has 1 amide bonds. The highest BCUT2D eigenvalue weighted by molar-refractivity contribution is 6.04. The summed E-state index contributed by atoms with van der Waals surface area (Å²) < 4.78 is 7.16. The zero-order valence-corrected chi connectivity index (χ0v) is 17.2. The minimum absolute atomic E-state index is 0.106. The number of anilines is 1. The molecule has 1 N–H and O–H groups in total. The van der Waals surface area contributed by atoms with Crippen molar-refractivity contribution < 1.29 is 14.5 Å². The van der Waals surface area contributed by atoms with Crippen LogP contribution in [-0.4, -0.2) is 32.7 Å². The first-order valence-electron chi connectivity index (χ1n) is 10.2. The van der Waals surface area contributed by atoms with E-state index in [0.29, 0.717) is 5.69 Å². The molecule has 1 aliphatic rings. The van der Waals surface area contributed by atoms with Gasteiger partial charge in [-0.3, -0.25) is 14.9 Å². The summed E-state index contributed by atoms with van der Waals surface area (Å²) in [6.07, 6.45) is 5.63. The van der Waals surface area contributed by atoms with Crippen LogP contribution in [0.15, 0.2) is 42.5 Å². The molecule has 0 saturated heterocycles. The fourth-order valence-electron chi connectivity index (χ4n) is 3.76. The maximum Gasteiger partial charge on any atom is 0.311 e. The van der Waals surface area contributed by atoms with Gasteiger partial charge >= 0.3 is 5.69 Å². The predicted molar refractivity (Wildman–Crippen MR) is 115 cm³/mol. The van der Waals surface area contributed by atoms with Crippen molar-refractivity contribution in [3.8, 4) is 17.1 Å². The first kappa shape index (κ1) is 20.5. The van der Waals surface area contributed by atoms with E-state index < -0.39 is 10.8 Å². The molecule has 0 bridgehead atoms. The van der Waals surface area contributed by atoms with Crippen molar-refractivity contribution >= 4 is 17.3 Å². The summed E-state index contributed by atoms with van der Waals surface area (Å²) in [5, 5.41) is 22.7. The Kier molecular flexibility index (Phi) is 5.92. The van der Waals surface area contributed by atoms with Gasteiger partial charge in [-0.2, -0.15) is 0 Å². The second kappa shape index (κ2) is 8.95. The topological polar surface area (TPSA) is 112 Å². The fourth-order valence-corrected chi connectivity index (χ4v) is 3.76. The summed E-state index contributed by atoms with van der Waals surface area (Å²) in [5.74, 6) is 1.52. The van der Waals surface area contributed by atoms with Crippen LogP contribution in [0.25, 0.3) is 11.4 Å². The van der Waals surface area contributed by atoms with Gasteiger partial charge in [-0.1, -0.05) is 12.8 Å². The second-order valence-corrected chi connectivity index (χ2v) is 7.43. The number of hydrogen-bond donors (Lipinski definition) is 1. The molecular weight excluding hydrogens is 398 g/mol. The smallest absolute Gasteiger partial charge is 0.311 e. The lowest BCUT2D eigenvalue weighted by Crippen LogP contribution is -2.12. The Morgan fingerprint density at radius 2 is 1.87 bits per heavy atom. The molecule has 0 radical (unpaired) electrons. The number of carbonyl (C=O) groups is 1. The van der Waals surface area contributed by atoms with E-state index in [9.17, 15) is 14.9 Å². The minimum Gasteiger partial charge on any atom is -0.490 e. The average molecular weight is 421 g/mol. The molecule has 31 heavy (non-hydrogen) atoms. The molecule has 160 valence electrons. The Balaban J connectivity index is 1.51. The number of benzene rings is 2. The van der Waals surface area contributed by atoms with E-state index in [2.05, 4.69) is 20.1 Å². The number of nitrogens with one attached hydrogen (secondary N) is 1. The van der Waals surface area contributed by atoms with Gasteiger partial charge in [0.05, 0.1) is 12.0 Å². The third-order valence-electron chi connectivity index (χ3n) is 5.40. The summed E-state index contributed by atoms with van der Waals surface area (Å²) in [6, 6.07) is 11.5. The summed E-state index contributed by atoms with van der Waals surface area (Å²) in [7, 11) is 1.35. The van der Waals surface area contributed by atoms with Crippen LogP contribution in [0.5, 0.6) is 5.75 Å². The monoisotopic (exact) mass is 421 g/mol. The molecule has 0 unspecified atom stereocenters. The molecule has 9 heteroatoms. The third-order valence-corrected chi connectivity index (χ3v) is 5.40. The maximum absolute atomic E-state index is 12.6. The van der Waals surface area contributed by atoms with Gasteiger partial charge in [-0.25, -0.2) is 0 Å². The number of nitro benzene ring substituents is 1. The first-order valence-corrected chi connectivity index (χ1v) is 10.2. The first-order chi connectivity index (χ1) is 15.1. The summed E-state index contributed by atoms with van der Waals surface area (Å²) >= 11 is 0. The zero-order chi connectivity index (χ0) is 21.8. The van der Waals surface area contributed by atoms with Gasteiger partial charge < -0.3 is 14.6 Å². The largest absolute Gasteiger partial charge is 0.490 e. The molecular formula is C22H23N5O4. The van der Waals surface area contributed by atoms with Gasteiger partial charge in [0.15, 0.2) is 11.6 Å². The van der Waals surface area contributed by atoms with E-state index >= 15 is 0 Å². The van der Waals surface area contributed by atoms with Crippen LogP contribution in [0.4, 0.5) is 11.4 Å². The highest BCUT2D eigenvalue weighted by Gasteiger charge is 2.19. The molecule has 1 aromatic heterocycles. The molecule has 0 aliphatic carbocycles. The number of fused-ring (bicyclic) bond motifs is 1. The SMILES string of the molecule is COc1ccc(C(=O)Nc2ccc(-c3nnc4n3CCCCCC4)cc2)cc1[N+](=O)[O-]. The molecule has 0 spiro atoms. The molecule has 4 rings (SSSR count). The van der Waals surface area contributed by atoms with Crippen molar-refractivity contribution in [1.82, 2.24) is 14.8 Å². The van der Waals surface area contributed by atoms with Crippen LogP contribution < -0.4 is 10.1 Å². The number of rotatable bonds is 5. The van der Waals surface area contributed by atoms with Crippen molar-refractivity contribution in [2.24, 2.45) is 0 Å². The van der Waals surface area contributed by atoms with E-state index in [-0.39, 0.29) is 17.0 Å². The van der Waals surface area contributed by atoms with Gasteiger partial charge in [-0.15, -0.1) is 10.2 Å². The lowest BCUT2D eigenvalue weighted by atomic mass is 10.1. The maximum atomic E-state index is 12.6. The number of carbonyl (C=O) groups excluding carboxylic acids is 1. The van der Waals surface area contributed by atoms with Crippen LogP contribution >= 0.6 is 0 Å². The van der Waals surface area contributed by atoms with Crippen molar-refractivity contribution in [1.29, 1.82) is 0 Å². The zero-order valence-electron chi connectivity index (χ0n) is 17.2. The number of hydrogen-bond acceptors (Lipinski definition) is 6. The Labute approximate surface area is 179 Å². The highest BCUT2D eigenvalue weighted by Crippen LogP contribution is 2.28. The Bertz CT molecular complexity index is 1110. The van der Waals surface area contributed by atoms with Crippen LogP contribution in [0.3, 0.4) is 0 Å². The number of amides is 1. The molecule has 9 nitrogen and oxygen atoms in total. The number of methoxy groups -OCH3 is 1. The fraction of sp³-hybridized carbons (Fsp3) is 0.318. The van der Waals surface area contributed by atoms with Gasteiger partial charge in [0.2, 0.25) is 0 Å². The van der Waals surface area contributed by atoms with Crippen LogP contribution in [-0.2, 0) is 13.0 Å². The third kappa shape index (κ3) is 4.40. The molecule has 3 aromatic rings. The minimum atomic E-state index is -0.576. The normalized spacial score (nSPS) is 13.6. The molecule has 2 aromatic carbocycles. The lowest BCUT2D eigenvalue weighted by molar-refractivity contribution is -0.385. The molecule has 0 fully saturated rings. The van der Waals surface area contributed by atoms with Gasteiger partial charge in [0, 0.05) is 35.8 Å². The van der Waals surface area contributed by atoms with E-state index in [1.807, 2.05) is 12.1 Å². The van der Waals surface area contributed by atoms with E-state index in [1.165, 1.54) is 38.2 Å². The Morgan fingerprint density at radius 1 is 1.10 bits per heavy atom. The van der Waals surface area contributed by atoms with Gasteiger partial charge in [0.1, 0.15) is 5.82 Å². The molecule has 1 aliphatic heterocycles. The van der Waals surface area contributed by atoms with Crippen molar-refractivity contribution in [3.63, 3.8) is 0 Å². The Morgan fingerprint density at radius 3 is 2.61 bits per heavy atom. The van der Waals surface area contributed by atoms with Crippen molar-refractivity contribution in [2.75, 3.05) is 12.4 Å². The molecule has 0 atom stereocenters. The molecule has 0 saturated carbocycles. The van der Waals surface area contributed by atoms with Crippen LogP contribution in [0, 0.1) is 10.1 Å². The number of nitro groups is 1. The van der Waals surface area contributed by atoms with E-state index in [4.69, 9.17) is 4.74 Å². The average Bonchev–Trinajstić information content (AvgIpc) is 3.15. The van der Waals surface area contributed by atoms with E-state index in [1.54, 1.807) is 12.1 Å². The number of aryl methyl sites for hydroxylation is 1.